The molecule has 3 amide bonds. The molecule has 6 rings (SSSR count). The van der Waals surface area contributed by atoms with Gasteiger partial charge in [-0.3, -0.25) is 19.2 Å². The Kier molecular flexibility index (Phi) is 8.42. The number of rotatable bonds is 6. The van der Waals surface area contributed by atoms with E-state index in [0.29, 0.717) is 25.5 Å². The molecule has 0 saturated carbocycles. The lowest BCUT2D eigenvalue weighted by Crippen LogP contribution is -2.33. The number of carbonyl (C=O) groups is 3. The molecule has 0 spiro atoms. The van der Waals surface area contributed by atoms with Crippen LogP contribution in [0, 0.1) is 5.92 Å². The summed E-state index contributed by atoms with van der Waals surface area (Å²) in [4.78, 5) is 56.1. The Hall–Kier alpha value is -3.49. The van der Waals surface area contributed by atoms with Gasteiger partial charge in [0.15, 0.2) is 6.61 Å². The first-order chi connectivity index (χ1) is 21.3. The lowest BCUT2D eigenvalue weighted by molar-refractivity contribution is -0.137. The van der Waals surface area contributed by atoms with Crippen LogP contribution in [0.25, 0.3) is 0 Å². The second kappa shape index (κ2) is 12.0. The maximum Gasteiger partial charge on any atom is 0.418 e. The van der Waals surface area contributed by atoms with Crippen molar-refractivity contribution in [1.29, 1.82) is 0 Å². The van der Waals surface area contributed by atoms with Crippen LogP contribution in [0.5, 0.6) is 5.75 Å². The molecule has 2 N–H and O–H groups in total. The third kappa shape index (κ3) is 5.95. The molecule has 16 heteroatoms. The molecule has 45 heavy (non-hydrogen) atoms. The van der Waals surface area contributed by atoms with Gasteiger partial charge in [-0.25, -0.2) is 4.90 Å². The van der Waals surface area contributed by atoms with E-state index < -0.39 is 63.7 Å². The second-order valence-electron chi connectivity index (χ2n) is 9.92. The highest BCUT2D eigenvalue weighted by molar-refractivity contribution is 8.00. The van der Waals surface area contributed by atoms with E-state index >= 15 is 0 Å². The maximum absolute atomic E-state index is 14.0. The van der Waals surface area contributed by atoms with E-state index in [1.54, 1.807) is 6.07 Å². The molecule has 3 heterocycles. The number of nitrogens with zero attached hydrogens (tertiary/aromatic N) is 1. The number of imide groups is 1. The van der Waals surface area contributed by atoms with Crippen molar-refractivity contribution in [2.45, 2.75) is 22.4 Å². The smallest absolute Gasteiger partial charge is 0.418 e. The number of benzene rings is 3. The van der Waals surface area contributed by atoms with E-state index in [1.165, 1.54) is 36.4 Å². The van der Waals surface area contributed by atoms with Gasteiger partial charge in [0.1, 0.15) is 11.0 Å². The van der Waals surface area contributed by atoms with E-state index in [2.05, 4.69) is 10.3 Å². The van der Waals surface area contributed by atoms with Crippen molar-refractivity contribution in [3.05, 3.63) is 101 Å². The highest BCUT2D eigenvalue weighted by Gasteiger charge is 2.57. The molecular formula is C29H17Cl3F3N3O5S2. The summed E-state index contributed by atoms with van der Waals surface area (Å²) < 4.78 is 47.7. The van der Waals surface area contributed by atoms with Gasteiger partial charge in [-0.15, -0.1) is 0 Å². The van der Waals surface area contributed by atoms with Crippen molar-refractivity contribution in [2.24, 2.45) is 5.92 Å². The van der Waals surface area contributed by atoms with Crippen LogP contribution in [0.15, 0.2) is 70.5 Å². The van der Waals surface area contributed by atoms with Crippen LogP contribution in [0.4, 0.5) is 24.5 Å². The second-order valence-corrected chi connectivity index (χ2v) is 13.3. The van der Waals surface area contributed by atoms with E-state index in [1.807, 2.05) is 0 Å². The minimum Gasteiger partial charge on any atom is -0.483 e. The summed E-state index contributed by atoms with van der Waals surface area (Å²) in [5, 5.41) is 2.49. The number of anilines is 2. The van der Waals surface area contributed by atoms with Crippen molar-refractivity contribution in [3.8, 4) is 5.75 Å². The first-order valence-corrected chi connectivity index (χ1v) is 15.8. The lowest BCUT2D eigenvalue weighted by Gasteiger charge is -2.31. The number of nitrogens with one attached hydrogen (secondary N) is 2. The molecule has 3 unspecified atom stereocenters. The van der Waals surface area contributed by atoms with Crippen LogP contribution >= 0.6 is 57.9 Å². The number of thiazole rings is 1. The molecule has 232 valence electrons. The van der Waals surface area contributed by atoms with Crippen LogP contribution < -0.4 is 19.8 Å². The van der Waals surface area contributed by atoms with Gasteiger partial charge in [-0.05, 0) is 48.5 Å². The average molecular weight is 715 g/mol. The molecule has 3 atom stereocenters. The SMILES string of the molecule is O=C(COc1ccc(Cl)cc1C1c2sc(=O)[nH]c2SC2C(=O)N(c3ccccc3C(F)(F)F)C(=O)C21)Nc1ccc(Cl)c(Cl)c1. The molecule has 4 aromatic rings. The van der Waals surface area contributed by atoms with Gasteiger partial charge >= 0.3 is 11.0 Å². The van der Waals surface area contributed by atoms with Gasteiger partial charge in [-0.2, -0.15) is 13.2 Å². The molecule has 1 aromatic heterocycles. The Morgan fingerprint density at radius 2 is 1.73 bits per heavy atom. The number of amides is 3. The van der Waals surface area contributed by atoms with Crippen molar-refractivity contribution < 1.29 is 32.3 Å². The third-order valence-electron chi connectivity index (χ3n) is 7.14. The number of carbonyl (C=O) groups excluding carboxylic acids is 3. The Morgan fingerprint density at radius 3 is 2.47 bits per heavy atom. The van der Waals surface area contributed by atoms with E-state index in [-0.39, 0.29) is 21.4 Å². The average Bonchev–Trinajstić information content (AvgIpc) is 3.47. The van der Waals surface area contributed by atoms with Gasteiger partial charge < -0.3 is 15.0 Å². The molecule has 1 fully saturated rings. The van der Waals surface area contributed by atoms with Crippen LogP contribution in [0.3, 0.4) is 0 Å². The zero-order valence-corrected chi connectivity index (χ0v) is 26.2. The topological polar surface area (TPSA) is 109 Å². The fourth-order valence-corrected chi connectivity index (χ4v) is 8.29. The standard InChI is InChI=1S/C29H17Cl3F3N3O5S2/c30-12-5-8-19(43-11-20(39)36-13-6-7-16(31)17(32)10-13)14(9-12)21-22-24(44-25-23(21)45-28(42)37-25)27(41)38(26(22)40)18-4-2-1-3-15(18)29(33,34)35/h1-10,21-22,24H,11H2,(H,36,39)(H,37,42). The lowest BCUT2D eigenvalue weighted by atomic mass is 9.82. The Morgan fingerprint density at radius 1 is 0.978 bits per heavy atom. The third-order valence-corrected chi connectivity index (χ3v) is 10.5. The molecule has 0 radical (unpaired) electrons. The minimum absolute atomic E-state index is 0.112. The van der Waals surface area contributed by atoms with E-state index in [9.17, 15) is 32.3 Å². The molecule has 1 saturated heterocycles. The summed E-state index contributed by atoms with van der Waals surface area (Å²) in [6, 6.07) is 13.3. The number of ether oxygens (including phenoxy) is 1. The van der Waals surface area contributed by atoms with Gasteiger partial charge in [0, 0.05) is 27.1 Å². The van der Waals surface area contributed by atoms with Crippen molar-refractivity contribution in [2.75, 3.05) is 16.8 Å². The number of fused-ring (bicyclic) bond motifs is 2. The quantitative estimate of drug-likeness (QED) is 0.204. The zero-order chi connectivity index (χ0) is 32.2. The number of thioether (sulfide) groups is 1. The fourth-order valence-electron chi connectivity index (χ4n) is 5.31. The van der Waals surface area contributed by atoms with Crippen molar-refractivity contribution >= 4 is 87.0 Å². The molecule has 3 aromatic carbocycles. The van der Waals surface area contributed by atoms with Crippen molar-refractivity contribution in [1.82, 2.24) is 4.98 Å². The largest absolute Gasteiger partial charge is 0.483 e. The number of aromatic nitrogens is 1. The number of aromatic amines is 1. The number of halogens is 6. The number of hydrogen-bond acceptors (Lipinski definition) is 7. The number of H-pyrrole nitrogens is 1. The maximum atomic E-state index is 14.0. The molecule has 2 aliphatic heterocycles. The monoisotopic (exact) mass is 713 g/mol. The van der Waals surface area contributed by atoms with Gasteiger partial charge in [0.25, 0.3) is 5.91 Å². The highest BCUT2D eigenvalue weighted by Crippen LogP contribution is 2.55. The zero-order valence-electron chi connectivity index (χ0n) is 22.3. The number of alkyl halides is 3. The Bertz CT molecular complexity index is 1930. The number of hydrogen-bond donors (Lipinski definition) is 2. The molecule has 8 nitrogen and oxygen atoms in total. The van der Waals surface area contributed by atoms with Crippen LogP contribution in [-0.4, -0.2) is 34.6 Å². The summed E-state index contributed by atoms with van der Waals surface area (Å²) in [7, 11) is 0. The van der Waals surface area contributed by atoms with Crippen LogP contribution in [-0.2, 0) is 20.6 Å². The van der Waals surface area contributed by atoms with E-state index in [4.69, 9.17) is 39.5 Å². The Labute approximate surface area is 275 Å². The summed E-state index contributed by atoms with van der Waals surface area (Å²) in [5.74, 6) is -4.45. The summed E-state index contributed by atoms with van der Waals surface area (Å²) in [5.41, 5.74) is -1.11. The van der Waals surface area contributed by atoms with E-state index in [0.717, 1.165) is 41.3 Å². The predicted molar refractivity (Wildman–Crippen MR) is 166 cm³/mol. The molecule has 2 aliphatic rings. The normalized spacial score (nSPS) is 19.3. The summed E-state index contributed by atoms with van der Waals surface area (Å²) >= 11 is 20.0. The Balaban J connectivity index is 1.38. The van der Waals surface area contributed by atoms with Gasteiger partial charge in [0.2, 0.25) is 11.8 Å². The summed E-state index contributed by atoms with van der Waals surface area (Å²) in [6.45, 7) is -0.501. The van der Waals surface area contributed by atoms with Crippen molar-refractivity contribution in [3.63, 3.8) is 0 Å². The van der Waals surface area contributed by atoms with Gasteiger partial charge in [-0.1, -0.05) is 70.0 Å². The predicted octanol–water partition coefficient (Wildman–Crippen LogP) is 7.23. The summed E-state index contributed by atoms with van der Waals surface area (Å²) in [6.07, 6.45) is -4.84. The minimum atomic E-state index is -4.84. The van der Waals surface area contributed by atoms with Gasteiger partial charge in [0.05, 0.1) is 32.2 Å². The molecule has 0 bridgehead atoms. The first-order valence-electron chi connectivity index (χ1n) is 12.9. The highest BCUT2D eigenvalue weighted by atomic mass is 35.5. The molecular weight excluding hydrogens is 698 g/mol. The van der Waals surface area contributed by atoms with Crippen LogP contribution in [0.2, 0.25) is 15.1 Å². The fraction of sp³-hybridized carbons (Fsp3) is 0.172. The van der Waals surface area contributed by atoms with Crippen LogP contribution in [0.1, 0.15) is 21.9 Å². The first kappa shape index (κ1) is 31.5. The number of para-hydroxylation sites is 1. The molecule has 0 aliphatic carbocycles.